The SMILES string of the molecule is O=Nc1cccc(C(=O)Nc2cccc(F)c2)c1. The Bertz CT molecular complexity index is 599. The van der Waals surface area contributed by atoms with Crippen molar-refractivity contribution in [1.82, 2.24) is 0 Å². The lowest BCUT2D eigenvalue weighted by Crippen LogP contribution is -2.11. The third-order valence-electron chi connectivity index (χ3n) is 2.30. The summed E-state index contributed by atoms with van der Waals surface area (Å²) < 4.78 is 12.9. The van der Waals surface area contributed by atoms with Gasteiger partial charge in [0.1, 0.15) is 11.5 Å². The molecule has 0 aromatic heterocycles. The summed E-state index contributed by atoms with van der Waals surface area (Å²) in [4.78, 5) is 22.2. The number of carbonyl (C=O) groups is 1. The van der Waals surface area contributed by atoms with E-state index in [0.717, 1.165) is 0 Å². The molecule has 2 aromatic rings. The first-order valence-corrected chi connectivity index (χ1v) is 5.19. The van der Waals surface area contributed by atoms with Crippen molar-refractivity contribution in [3.63, 3.8) is 0 Å². The largest absolute Gasteiger partial charge is 0.322 e. The molecule has 0 saturated heterocycles. The van der Waals surface area contributed by atoms with Gasteiger partial charge in [0, 0.05) is 11.3 Å². The summed E-state index contributed by atoms with van der Waals surface area (Å²) in [5.41, 5.74) is 0.808. The topological polar surface area (TPSA) is 58.5 Å². The van der Waals surface area contributed by atoms with E-state index in [1.165, 1.54) is 30.3 Å². The van der Waals surface area contributed by atoms with Crippen molar-refractivity contribution >= 4 is 17.3 Å². The van der Waals surface area contributed by atoms with Crippen LogP contribution in [0.25, 0.3) is 0 Å². The lowest BCUT2D eigenvalue weighted by Gasteiger charge is -2.05. The molecule has 90 valence electrons. The molecular formula is C13H9FN2O2. The fourth-order valence-corrected chi connectivity index (χ4v) is 1.47. The van der Waals surface area contributed by atoms with E-state index in [0.29, 0.717) is 5.69 Å². The van der Waals surface area contributed by atoms with Crippen LogP contribution in [0.5, 0.6) is 0 Å². The van der Waals surface area contributed by atoms with Crippen LogP contribution in [0.1, 0.15) is 10.4 Å². The zero-order valence-electron chi connectivity index (χ0n) is 9.26. The van der Waals surface area contributed by atoms with Gasteiger partial charge in [-0.05, 0) is 41.6 Å². The molecule has 18 heavy (non-hydrogen) atoms. The Hall–Kier alpha value is -2.56. The van der Waals surface area contributed by atoms with Crippen LogP contribution in [-0.2, 0) is 0 Å². The number of anilines is 1. The van der Waals surface area contributed by atoms with Crippen molar-refractivity contribution in [2.24, 2.45) is 5.18 Å². The monoisotopic (exact) mass is 244 g/mol. The summed E-state index contributed by atoms with van der Waals surface area (Å²) in [5.74, 6) is -0.859. The molecule has 5 heteroatoms. The minimum absolute atomic E-state index is 0.168. The van der Waals surface area contributed by atoms with Gasteiger partial charge in [-0.1, -0.05) is 12.1 Å². The normalized spacial score (nSPS) is 9.83. The van der Waals surface area contributed by atoms with Gasteiger partial charge < -0.3 is 5.32 Å². The quantitative estimate of drug-likeness (QED) is 0.840. The molecule has 2 aromatic carbocycles. The Morgan fingerprint density at radius 2 is 1.89 bits per heavy atom. The van der Waals surface area contributed by atoms with Crippen molar-refractivity contribution in [3.8, 4) is 0 Å². The summed E-state index contributed by atoms with van der Waals surface area (Å²) >= 11 is 0. The maximum Gasteiger partial charge on any atom is 0.255 e. The fourth-order valence-electron chi connectivity index (χ4n) is 1.47. The molecule has 1 amide bonds. The summed E-state index contributed by atoms with van der Waals surface area (Å²) in [6, 6.07) is 11.5. The highest BCUT2D eigenvalue weighted by Gasteiger charge is 2.07. The van der Waals surface area contributed by atoms with Gasteiger partial charge in [0.05, 0.1) is 0 Å². The molecule has 0 unspecified atom stereocenters. The highest BCUT2D eigenvalue weighted by atomic mass is 19.1. The van der Waals surface area contributed by atoms with Crippen LogP contribution < -0.4 is 5.32 Å². The van der Waals surface area contributed by atoms with Crippen LogP contribution in [0, 0.1) is 10.7 Å². The van der Waals surface area contributed by atoms with Crippen LogP contribution in [0.15, 0.2) is 53.7 Å². The van der Waals surface area contributed by atoms with Crippen molar-refractivity contribution in [1.29, 1.82) is 0 Å². The van der Waals surface area contributed by atoms with E-state index in [-0.39, 0.29) is 11.3 Å². The van der Waals surface area contributed by atoms with Crippen LogP contribution in [0.3, 0.4) is 0 Å². The van der Waals surface area contributed by atoms with Crippen LogP contribution in [-0.4, -0.2) is 5.91 Å². The molecule has 0 radical (unpaired) electrons. The number of nitrogens with one attached hydrogen (secondary N) is 1. The fraction of sp³-hybridized carbons (Fsp3) is 0. The molecule has 0 atom stereocenters. The molecule has 0 fully saturated rings. The number of hydrogen-bond donors (Lipinski definition) is 1. The van der Waals surface area contributed by atoms with Crippen molar-refractivity contribution in [3.05, 3.63) is 64.8 Å². The number of hydrogen-bond acceptors (Lipinski definition) is 3. The predicted octanol–water partition coefficient (Wildman–Crippen LogP) is 3.48. The first kappa shape index (κ1) is 11.9. The molecule has 0 saturated carbocycles. The van der Waals surface area contributed by atoms with E-state index in [1.54, 1.807) is 18.2 Å². The molecule has 0 aliphatic rings. The summed E-state index contributed by atoms with van der Waals surface area (Å²) in [6.45, 7) is 0. The standard InChI is InChI=1S/C13H9FN2O2/c14-10-4-2-5-11(8-10)15-13(17)9-3-1-6-12(7-9)16-18/h1-8H,(H,15,17). The average molecular weight is 244 g/mol. The molecule has 0 aliphatic carbocycles. The Kier molecular flexibility index (Phi) is 3.43. The molecule has 0 spiro atoms. The average Bonchev–Trinajstić information content (AvgIpc) is 2.39. The Balaban J connectivity index is 2.19. The number of benzene rings is 2. The zero-order chi connectivity index (χ0) is 13.0. The predicted molar refractivity (Wildman–Crippen MR) is 66.3 cm³/mol. The number of nitroso groups, excluding NO2 is 1. The van der Waals surface area contributed by atoms with Crippen LogP contribution in [0.4, 0.5) is 15.8 Å². The number of carbonyl (C=O) groups excluding carboxylic acids is 1. The summed E-state index contributed by atoms with van der Waals surface area (Å²) in [7, 11) is 0. The van der Waals surface area contributed by atoms with Crippen LogP contribution >= 0.6 is 0 Å². The second-order valence-electron chi connectivity index (χ2n) is 3.61. The molecule has 0 aliphatic heterocycles. The maximum absolute atomic E-state index is 12.9. The Morgan fingerprint density at radius 3 is 2.61 bits per heavy atom. The number of amides is 1. The maximum atomic E-state index is 12.9. The van der Waals surface area contributed by atoms with E-state index < -0.39 is 11.7 Å². The third kappa shape index (κ3) is 2.76. The van der Waals surface area contributed by atoms with E-state index in [1.807, 2.05) is 0 Å². The number of rotatable bonds is 3. The Morgan fingerprint density at radius 1 is 1.11 bits per heavy atom. The molecule has 4 nitrogen and oxygen atoms in total. The smallest absolute Gasteiger partial charge is 0.255 e. The molecule has 0 heterocycles. The van der Waals surface area contributed by atoms with Crippen LogP contribution in [0.2, 0.25) is 0 Å². The van der Waals surface area contributed by atoms with Gasteiger partial charge in [-0.15, -0.1) is 4.91 Å². The minimum atomic E-state index is -0.434. The highest BCUT2D eigenvalue weighted by molar-refractivity contribution is 6.04. The number of nitrogens with zero attached hydrogens (tertiary/aromatic N) is 1. The zero-order valence-corrected chi connectivity index (χ0v) is 9.26. The lowest BCUT2D eigenvalue weighted by molar-refractivity contribution is 0.102. The first-order valence-electron chi connectivity index (χ1n) is 5.19. The van der Waals surface area contributed by atoms with Crippen molar-refractivity contribution in [2.45, 2.75) is 0 Å². The summed E-state index contributed by atoms with van der Waals surface area (Å²) in [5, 5.41) is 5.27. The van der Waals surface area contributed by atoms with E-state index in [4.69, 9.17) is 0 Å². The van der Waals surface area contributed by atoms with Gasteiger partial charge in [-0.3, -0.25) is 4.79 Å². The van der Waals surface area contributed by atoms with E-state index in [2.05, 4.69) is 10.5 Å². The van der Waals surface area contributed by atoms with Gasteiger partial charge in [0.15, 0.2) is 0 Å². The van der Waals surface area contributed by atoms with Gasteiger partial charge >= 0.3 is 0 Å². The molecular weight excluding hydrogens is 235 g/mol. The van der Waals surface area contributed by atoms with Gasteiger partial charge in [0.2, 0.25) is 0 Å². The first-order chi connectivity index (χ1) is 8.69. The molecule has 1 N–H and O–H groups in total. The molecule has 0 bridgehead atoms. The second-order valence-corrected chi connectivity index (χ2v) is 3.61. The van der Waals surface area contributed by atoms with E-state index >= 15 is 0 Å². The van der Waals surface area contributed by atoms with Gasteiger partial charge in [0.25, 0.3) is 5.91 Å². The minimum Gasteiger partial charge on any atom is -0.322 e. The van der Waals surface area contributed by atoms with E-state index in [9.17, 15) is 14.1 Å². The van der Waals surface area contributed by atoms with Crippen molar-refractivity contribution < 1.29 is 9.18 Å². The third-order valence-corrected chi connectivity index (χ3v) is 2.30. The highest BCUT2D eigenvalue weighted by Crippen LogP contribution is 2.15. The second kappa shape index (κ2) is 5.18. The molecule has 2 rings (SSSR count). The van der Waals surface area contributed by atoms with Gasteiger partial charge in [-0.25, -0.2) is 4.39 Å². The van der Waals surface area contributed by atoms with Gasteiger partial charge in [-0.2, -0.15) is 0 Å². The summed E-state index contributed by atoms with van der Waals surface area (Å²) in [6.07, 6.45) is 0. The lowest BCUT2D eigenvalue weighted by atomic mass is 10.2. The van der Waals surface area contributed by atoms with Crippen molar-refractivity contribution in [2.75, 3.05) is 5.32 Å². The Labute approximate surface area is 102 Å². The number of halogens is 1.